The summed E-state index contributed by atoms with van der Waals surface area (Å²) >= 11 is 6.06. The Morgan fingerprint density at radius 2 is 1.85 bits per heavy atom. The van der Waals surface area contributed by atoms with Crippen molar-refractivity contribution in [1.82, 2.24) is 9.62 Å². The minimum atomic E-state index is -3.63. The molecule has 0 aliphatic heterocycles. The summed E-state index contributed by atoms with van der Waals surface area (Å²) in [5, 5.41) is 2.93. The number of hydrogen-bond acceptors (Lipinski definition) is 4. The number of amides is 1. The molecular formula is C19H23ClN2O4S. The molecular weight excluding hydrogens is 388 g/mol. The van der Waals surface area contributed by atoms with Crippen LogP contribution < -0.4 is 5.32 Å². The molecule has 2 rings (SSSR count). The smallest absolute Gasteiger partial charge is 0.252 e. The van der Waals surface area contributed by atoms with Crippen LogP contribution in [0.3, 0.4) is 0 Å². The summed E-state index contributed by atoms with van der Waals surface area (Å²) in [5.41, 5.74) is 1.22. The van der Waals surface area contributed by atoms with Crippen molar-refractivity contribution in [1.29, 1.82) is 0 Å². The Kier molecular flexibility index (Phi) is 7.79. The summed E-state index contributed by atoms with van der Waals surface area (Å²) in [6, 6.07) is 13.9. The molecule has 0 aromatic heterocycles. The van der Waals surface area contributed by atoms with Crippen molar-refractivity contribution in [2.45, 2.75) is 17.9 Å². The van der Waals surface area contributed by atoms with Crippen molar-refractivity contribution >= 4 is 27.5 Å². The van der Waals surface area contributed by atoms with Crippen molar-refractivity contribution < 1.29 is 17.9 Å². The van der Waals surface area contributed by atoms with Gasteiger partial charge in [0.2, 0.25) is 10.0 Å². The first-order chi connectivity index (χ1) is 12.8. The lowest BCUT2D eigenvalue weighted by molar-refractivity contribution is 0.0934. The summed E-state index contributed by atoms with van der Waals surface area (Å²) in [7, 11) is -0.774. The number of ether oxygens (including phenoxy) is 1. The van der Waals surface area contributed by atoms with E-state index in [1.807, 2.05) is 30.3 Å². The van der Waals surface area contributed by atoms with E-state index in [1.54, 1.807) is 0 Å². The third-order valence-electron chi connectivity index (χ3n) is 3.82. The molecule has 0 spiro atoms. The van der Waals surface area contributed by atoms with Gasteiger partial charge in [0, 0.05) is 27.2 Å². The van der Waals surface area contributed by atoms with Crippen LogP contribution in [0, 0.1) is 0 Å². The predicted octanol–water partition coefficient (Wildman–Crippen LogP) is 2.93. The van der Waals surface area contributed by atoms with Gasteiger partial charge < -0.3 is 10.1 Å². The quantitative estimate of drug-likeness (QED) is 0.645. The topological polar surface area (TPSA) is 75.7 Å². The summed E-state index contributed by atoms with van der Waals surface area (Å²) in [4.78, 5) is 12.3. The largest absolute Gasteiger partial charge is 0.377 e. The number of benzene rings is 2. The zero-order chi connectivity index (χ0) is 19.9. The van der Waals surface area contributed by atoms with Crippen molar-refractivity contribution in [3.8, 4) is 0 Å². The average molecular weight is 411 g/mol. The molecule has 146 valence electrons. The Balaban J connectivity index is 1.85. The highest BCUT2D eigenvalue weighted by Crippen LogP contribution is 2.22. The van der Waals surface area contributed by atoms with E-state index in [2.05, 4.69) is 5.32 Å². The van der Waals surface area contributed by atoms with Gasteiger partial charge in [0.05, 0.1) is 22.1 Å². The Morgan fingerprint density at radius 1 is 1.15 bits per heavy atom. The highest BCUT2D eigenvalue weighted by atomic mass is 35.5. The van der Waals surface area contributed by atoms with Gasteiger partial charge in [0.15, 0.2) is 0 Å². The summed E-state index contributed by atoms with van der Waals surface area (Å²) in [5.74, 6) is -0.418. The third-order valence-corrected chi connectivity index (χ3v) is 5.96. The molecule has 2 aromatic rings. The van der Waals surface area contributed by atoms with Crippen molar-refractivity contribution in [2.75, 3.05) is 27.2 Å². The molecule has 0 saturated heterocycles. The lowest BCUT2D eigenvalue weighted by Gasteiger charge is -2.13. The fourth-order valence-electron chi connectivity index (χ4n) is 2.29. The number of hydrogen-bond donors (Lipinski definition) is 1. The molecule has 0 bridgehead atoms. The Hall–Kier alpha value is -1.93. The molecule has 0 saturated carbocycles. The maximum absolute atomic E-state index is 12.3. The standard InChI is InChI=1S/C19H23ClN2O4S/c1-22(2)27(24,25)16-9-10-18(20)17(13-16)19(23)21-11-6-12-26-14-15-7-4-3-5-8-15/h3-5,7-10,13H,6,11-12,14H2,1-2H3,(H,21,23). The van der Waals surface area contributed by atoms with Gasteiger partial charge in [-0.1, -0.05) is 41.9 Å². The van der Waals surface area contributed by atoms with Gasteiger partial charge in [-0.05, 0) is 30.2 Å². The normalized spacial score (nSPS) is 11.6. The van der Waals surface area contributed by atoms with E-state index in [9.17, 15) is 13.2 Å². The third kappa shape index (κ3) is 6.04. The van der Waals surface area contributed by atoms with Crippen LogP contribution in [0.15, 0.2) is 53.4 Å². The first kappa shape index (κ1) is 21.4. The Labute approximate surface area is 165 Å². The van der Waals surface area contributed by atoms with E-state index in [4.69, 9.17) is 16.3 Å². The molecule has 6 nitrogen and oxygen atoms in total. The van der Waals surface area contributed by atoms with Gasteiger partial charge in [-0.3, -0.25) is 4.79 Å². The zero-order valence-corrected chi connectivity index (χ0v) is 16.9. The fourth-order valence-corrected chi connectivity index (χ4v) is 3.42. The number of carbonyl (C=O) groups is 1. The molecule has 0 atom stereocenters. The maximum Gasteiger partial charge on any atom is 0.252 e. The first-order valence-corrected chi connectivity index (χ1v) is 10.3. The van der Waals surface area contributed by atoms with Crippen molar-refractivity contribution in [2.24, 2.45) is 0 Å². The number of nitrogens with zero attached hydrogens (tertiary/aromatic N) is 1. The average Bonchev–Trinajstić information content (AvgIpc) is 2.65. The van der Waals surface area contributed by atoms with Gasteiger partial charge >= 0.3 is 0 Å². The summed E-state index contributed by atoms with van der Waals surface area (Å²) < 4.78 is 31.0. The van der Waals surface area contributed by atoms with Crippen LogP contribution in [-0.4, -0.2) is 45.9 Å². The van der Waals surface area contributed by atoms with E-state index >= 15 is 0 Å². The summed E-state index contributed by atoms with van der Waals surface area (Å²) in [6.07, 6.45) is 0.631. The van der Waals surface area contributed by atoms with Gasteiger partial charge in [-0.15, -0.1) is 0 Å². The van der Waals surface area contributed by atoms with Gasteiger partial charge in [-0.2, -0.15) is 0 Å². The van der Waals surface area contributed by atoms with E-state index in [0.717, 1.165) is 9.87 Å². The van der Waals surface area contributed by atoms with Gasteiger partial charge in [-0.25, -0.2) is 12.7 Å². The lowest BCUT2D eigenvalue weighted by atomic mass is 10.2. The summed E-state index contributed by atoms with van der Waals surface area (Å²) in [6.45, 7) is 1.41. The van der Waals surface area contributed by atoms with Crippen LogP contribution in [-0.2, 0) is 21.4 Å². The highest BCUT2D eigenvalue weighted by molar-refractivity contribution is 7.89. The van der Waals surface area contributed by atoms with Gasteiger partial charge in [0.25, 0.3) is 5.91 Å². The van der Waals surface area contributed by atoms with Crippen LogP contribution >= 0.6 is 11.6 Å². The van der Waals surface area contributed by atoms with E-state index in [1.165, 1.54) is 32.3 Å². The highest BCUT2D eigenvalue weighted by Gasteiger charge is 2.20. The second-order valence-electron chi connectivity index (χ2n) is 6.08. The van der Waals surface area contributed by atoms with Crippen LogP contribution in [0.5, 0.6) is 0 Å². The number of rotatable bonds is 9. The molecule has 1 N–H and O–H groups in total. The Bertz CT molecular complexity index is 871. The molecule has 0 aliphatic rings. The second kappa shape index (κ2) is 9.85. The predicted molar refractivity (Wildman–Crippen MR) is 105 cm³/mol. The Morgan fingerprint density at radius 3 is 2.52 bits per heavy atom. The lowest BCUT2D eigenvalue weighted by Crippen LogP contribution is -2.27. The van der Waals surface area contributed by atoms with Gasteiger partial charge in [0.1, 0.15) is 0 Å². The molecule has 0 aliphatic carbocycles. The number of nitrogens with one attached hydrogen (secondary N) is 1. The first-order valence-electron chi connectivity index (χ1n) is 8.44. The van der Waals surface area contributed by atoms with E-state index < -0.39 is 15.9 Å². The van der Waals surface area contributed by atoms with E-state index in [-0.39, 0.29) is 15.5 Å². The molecule has 0 unspecified atom stereocenters. The fraction of sp³-hybridized carbons (Fsp3) is 0.316. The monoisotopic (exact) mass is 410 g/mol. The minimum absolute atomic E-state index is 0.0215. The van der Waals surface area contributed by atoms with Crippen LogP contribution in [0.2, 0.25) is 5.02 Å². The molecule has 8 heteroatoms. The molecule has 0 radical (unpaired) electrons. The minimum Gasteiger partial charge on any atom is -0.377 e. The molecule has 0 fully saturated rings. The molecule has 2 aromatic carbocycles. The van der Waals surface area contributed by atoms with Crippen LogP contribution in [0.25, 0.3) is 0 Å². The number of sulfonamides is 1. The van der Waals surface area contributed by atoms with Crippen LogP contribution in [0.4, 0.5) is 0 Å². The van der Waals surface area contributed by atoms with Crippen molar-refractivity contribution in [3.63, 3.8) is 0 Å². The van der Waals surface area contributed by atoms with E-state index in [0.29, 0.717) is 26.2 Å². The molecule has 1 amide bonds. The SMILES string of the molecule is CN(C)S(=O)(=O)c1ccc(Cl)c(C(=O)NCCCOCc2ccccc2)c1. The number of carbonyl (C=O) groups excluding carboxylic acids is 1. The van der Waals surface area contributed by atoms with Crippen molar-refractivity contribution in [3.05, 3.63) is 64.7 Å². The zero-order valence-electron chi connectivity index (χ0n) is 15.3. The molecule has 27 heavy (non-hydrogen) atoms. The van der Waals surface area contributed by atoms with Crippen LogP contribution in [0.1, 0.15) is 22.3 Å². The second-order valence-corrected chi connectivity index (χ2v) is 8.64. The maximum atomic E-state index is 12.3. The molecule has 0 heterocycles. The number of halogens is 1.